The van der Waals surface area contributed by atoms with Crippen LogP contribution in [0, 0.1) is 0 Å². The van der Waals surface area contributed by atoms with E-state index in [1.54, 1.807) is 6.92 Å². The van der Waals surface area contributed by atoms with E-state index in [1.807, 2.05) is 0 Å². The van der Waals surface area contributed by atoms with Crippen molar-refractivity contribution in [1.29, 1.82) is 0 Å². The Labute approximate surface area is 57.0 Å². The first kappa shape index (κ1) is 7.38. The minimum Gasteiger partial charge on any atom is -0.239 e. The molecule has 0 fully saturated rings. The van der Waals surface area contributed by atoms with Crippen LogP contribution in [0.3, 0.4) is 0 Å². The van der Waals surface area contributed by atoms with Gasteiger partial charge in [0.05, 0.1) is 0 Å². The Balaban J connectivity index is 2.92. The molecule has 0 aliphatic heterocycles. The summed E-state index contributed by atoms with van der Waals surface area (Å²) in [5.74, 6) is -2.35. The first-order valence-corrected chi connectivity index (χ1v) is 2.97. The van der Waals surface area contributed by atoms with E-state index in [0.29, 0.717) is 5.57 Å². The third-order valence-electron chi connectivity index (χ3n) is 1.38. The van der Waals surface area contributed by atoms with Gasteiger partial charge in [0.15, 0.2) is 17.8 Å². The number of rotatable bonds is 0. The Morgan fingerprint density at radius 2 is 2.10 bits per heavy atom. The van der Waals surface area contributed by atoms with Crippen LogP contribution in [0.2, 0.25) is 0 Å². The summed E-state index contributed by atoms with van der Waals surface area (Å²) in [6.45, 7) is 1.57. The zero-order valence-corrected chi connectivity index (χ0v) is 5.50. The van der Waals surface area contributed by atoms with Crippen LogP contribution in [0.15, 0.2) is 23.3 Å². The summed E-state index contributed by atoms with van der Waals surface area (Å²) in [6, 6.07) is 0. The van der Waals surface area contributed by atoms with Crippen molar-refractivity contribution < 1.29 is 13.2 Å². The van der Waals surface area contributed by atoms with Crippen molar-refractivity contribution in [2.45, 2.75) is 19.5 Å². The monoisotopic (exact) mass is 148 g/mol. The van der Waals surface area contributed by atoms with Gasteiger partial charge in [-0.1, -0.05) is 5.57 Å². The molecule has 0 aromatic heterocycles. The molecular formula is C7H7F3. The highest BCUT2D eigenvalue weighted by Gasteiger charge is 2.21. The summed E-state index contributed by atoms with van der Waals surface area (Å²) < 4.78 is 36.9. The van der Waals surface area contributed by atoms with Gasteiger partial charge in [-0.05, 0) is 13.0 Å². The van der Waals surface area contributed by atoms with Crippen molar-refractivity contribution in [2.24, 2.45) is 0 Å². The first-order valence-electron chi connectivity index (χ1n) is 2.97. The van der Waals surface area contributed by atoms with Gasteiger partial charge in [0, 0.05) is 6.42 Å². The maximum absolute atomic E-state index is 12.4. The van der Waals surface area contributed by atoms with Crippen molar-refractivity contribution in [1.82, 2.24) is 0 Å². The van der Waals surface area contributed by atoms with Crippen molar-refractivity contribution in [2.75, 3.05) is 0 Å². The summed E-state index contributed by atoms with van der Waals surface area (Å²) in [7, 11) is 0. The van der Waals surface area contributed by atoms with Gasteiger partial charge < -0.3 is 0 Å². The standard InChI is InChI=1S/C7H7F3/c1-4-2-5(8)7(10)6(9)3-4/h2,6H,3H2,1H3. The lowest BCUT2D eigenvalue weighted by atomic mass is 10.0. The minimum atomic E-state index is -1.77. The van der Waals surface area contributed by atoms with Gasteiger partial charge in [0.2, 0.25) is 0 Å². The molecule has 1 aliphatic rings. The second kappa shape index (κ2) is 2.48. The van der Waals surface area contributed by atoms with E-state index in [0.717, 1.165) is 6.08 Å². The zero-order chi connectivity index (χ0) is 7.72. The average Bonchev–Trinajstić information content (AvgIpc) is 1.82. The molecule has 0 spiro atoms. The Morgan fingerprint density at radius 3 is 2.60 bits per heavy atom. The fourth-order valence-electron chi connectivity index (χ4n) is 0.866. The highest BCUT2D eigenvalue weighted by atomic mass is 19.2. The average molecular weight is 148 g/mol. The van der Waals surface area contributed by atoms with Crippen LogP contribution in [0.5, 0.6) is 0 Å². The van der Waals surface area contributed by atoms with Gasteiger partial charge in [-0.2, -0.15) is 0 Å². The second-order valence-corrected chi connectivity index (χ2v) is 2.36. The normalized spacial score (nSPS) is 26.8. The molecule has 0 aromatic rings. The second-order valence-electron chi connectivity index (χ2n) is 2.36. The molecule has 1 rings (SSSR count). The SMILES string of the molecule is CC1=CC(F)=C(F)C(F)C1. The third kappa shape index (κ3) is 1.23. The molecule has 0 heterocycles. The van der Waals surface area contributed by atoms with Crippen LogP contribution in [0.4, 0.5) is 13.2 Å². The number of halogens is 3. The van der Waals surface area contributed by atoms with Crippen LogP contribution in [0.1, 0.15) is 13.3 Å². The number of hydrogen-bond donors (Lipinski definition) is 0. The number of allylic oxidation sites excluding steroid dienone is 4. The number of hydrogen-bond acceptors (Lipinski definition) is 0. The molecular weight excluding hydrogens is 141 g/mol. The molecule has 0 bridgehead atoms. The Hall–Kier alpha value is -0.730. The van der Waals surface area contributed by atoms with Crippen LogP contribution in [-0.2, 0) is 0 Å². The van der Waals surface area contributed by atoms with Gasteiger partial charge in [0.1, 0.15) is 0 Å². The smallest absolute Gasteiger partial charge is 0.170 e. The van der Waals surface area contributed by atoms with E-state index in [9.17, 15) is 13.2 Å². The maximum atomic E-state index is 12.4. The molecule has 10 heavy (non-hydrogen) atoms. The molecule has 3 heteroatoms. The van der Waals surface area contributed by atoms with E-state index in [1.165, 1.54) is 0 Å². The van der Waals surface area contributed by atoms with Crippen molar-refractivity contribution in [3.63, 3.8) is 0 Å². The minimum absolute atomic E-state index is 0.0285. The zero-order valence-electron chi connectivity index (χ0n) is 5.50. The molecule has 0 saturated heterocycles. The Bertz CT molecular complexity index is 203. The summed E-state index contributed by atoms with van der Waals surface area (Å²) >= 11 is 0. The highest BCUT2D eigenvalue weighted by Crippen LogP contribution is 2.27. The first-order chi connectivity index (χ1) is 4.61. The third-order valence-corrected chi connectivity index (χ3v) is 1.38. The summed E-state index contributed by atoms with van der Waals surface area (Å²) in [4.78, 5) is 0. The lowest BCUT2D eigenvalue weighted by molar-refractivity contribution is 0.306. The van der Waals surface area contributed by atoms with Gasteiger partial charge >= 0.3 is 0 Å². The van der Waals surface area contributed by atoms with Crippen molar-refractivity contribution in [3.05, 3.63) is 23.3 Å². The molecule has 0 radical (unpaired) electrons. The van der Waals surface area contributed by atoms with Gasteiger partial charge in [-0.25, -0.2) is 13.2 Å². The predicted molar refractivity (Wildman–Crippen MR) is 32.5 cm³/mol. The van der Waals surface area contributed by atoms with E-state index >= 15 is 0 Å². The van der Waals surface area contributed by atoms with E-state index < -0.39 is 17.8 Å². The summed E-state index contributed by atoms with van der Waals surface area (Å²) in [5.41, 5.74) is 0.534. The molecule has 0 N–H and O–H groups in total. The van der Waals surface area contributed by atoms with Crippen LogP contribution in [0.25, 0.3) is 0 Å². The van der Waals surface area contributed by atoms with E-state index in [-0.39, 0.29) is 6.42 Å². The van der Waals surface area contributed by atoms with E-state index in [2.05, 4.69) is 0 Å². The number of alkyl halides is 1. The quantitative estimate of drug-likeness (QED) is 0.495. The summed E-state index contributed by atoms with van der Waals surface area (Å²) in [6.07, 6.45) is -0.782. The van der Waals surface area contributed by atoms with Crippen LogP contribution < -0.4 is 0 Å². The summed E-state index contributed by atoms with van der Waals surface area (Å²) in [5, 5.41) is 0. The van der Waals surface area contributed by atoms with Crippen molar-refractivity contribution in [3.8, 4) is 0 Å². The Morgan fingerprint density at radius 1 is 1.50 bits per heavy atom. The molecule has 1 unspecified atom stereocenters. The molecule has 1 atom stereocenters. The molecule has 0 aromatic carbocycles. The largest absolute Gasteiger partial charge is 0.239 e. The molecule has 0 saturated carbocycles. The lowest BCUT2D eigenvalue weighted by Crippen LogP contribution is -2.07. The van der Waals surface area contributed by atoms with Gasteiger partial charge in [-0.15, -0.1) is 0 Å². The highest BCUT2D eigenvalue weighted by molar-refractivity contribution is 5.27. The Kier molecular flexibility index (Phi) is 1.83. The molecule has 56 valence electrons. The van der Waals surface area contributed by atoms with Gasteiger partial charge in [-0.3, -0.25) is 0 Å². The molecule has 0 nitrogen and oxygen atoms in total. The predicted octanol–water partition coefficient (Wildman–Crippen LogP) is 2.83. The van der Waals surface area contributed by atoms with Crippen LogP contribution in [-0.4, -0.2) is 6.17 Å². The molecule has 0 amide bonds. The van der Waals surface area contributed by atoms with Crippen LogP contribution >= 0.6 is 0 Å². The lowest BCUT2D eigenvalue weighted by Gasteiger charge is -2.11. The topological polar surface area (TPSA) is 0 Å². The van der Waals surface area contributed by atoms with E-state index in [4.69, 9.17) is 0 Å². The van der Waals surface area contributed by atoms with Gasteiger partial charge in [0.25, 0.3) is 0 Å². The van der Waals surface area contributed by atoms with Crippen molar-refractivity contribution >= 4 is 0 Å². The fraction of sp³-hybridized carbons (Fsp3) is 0.429. The fourth-order valence-corrected chi connectivity index (χ4v) is 0.866. The molecule has 1 aliphatic carbocycles. The maximum Gasteiger partial charge on any atom is 0.170 e.